The van der Waals surface area contributed by atoms with E-state index in [1.807, 2.05) is 14.1 Å². The molecule has 4 nitrogen and oxygen atoms in total. The van der Waals surface area contributed by atoms with E-state index in [2.05, 4.69) is 14.9 Å². The van der Waals surface area contributed by atoms with Crippen LogP contribution in [0, 0.1) is 0 Å². The van der Waals surface area contributed by atoms with Crippen molar-refractivity contribution in [1.82, 2.24) is 14.9 Å². The molecule has 0 aliphatic rings. The lowest BCUT2D eigenvalue weighted by Gasteiger charge is -2.09. The summed E-state index contributed by atoms with van der Waals surface area (Å²) in [5.41, 5.74) is 0. The predicted octanol–water partition coefficient (Wildman–Crippen LogP) is 1.46. The first-order chi connectivity index (χ1) is 6.70. The second kappa shape index (κ2) is 5.78. The number of hydrogen-bond donors (Lipinski definition) is 0. The van der Waals surface area contributed by atoms with E-state index < -0.39 is 0 Å². The van der Waals surface area contributed by atoms with E-state index in [-0.39, 0.29) is 0 Å². The molecule has 1 heterocycles. The van der Waals surface area contributed by atoms with Gasteiger partial charge in [-0.25, -0.2) is 9.97 Å². The van der Waals surface area contributed by atoms with Gasteiger partial charge in [-0.15, -0.1) is 0 Å². The maximum atomic E-state index is 5.76. The van der Waals surface area contributed by atoms with Gasteiger partial charge in [0.25, 0.3) is 5.88 Å². The number of halogens is 1. The topological polar surface area (TPSA) is 38.2 Å². The van der Waals surface area contributed by atoms with Crippen LogP contribution in [0.4, 0.5) is 0 Å². The van der Waals surface area contributed by atoms with Crippen LogP contribution in [0.25, 0.3) is 0 Å². The van der Waals surface area contributed by atoms with Crippen LogP contribution < -0.4 is 4.74 Å². The van der Waals surface area contributed by atoms with Gasteiger partial charge in [0.05, 0.1) is 6.61 Å². The van der Waals surface area contributed by atoms with Crippen molar-refractivity contribution in [3.63, 3.8) is 0 Å². The van der Waals surface area contributed by atoms with Crippen LogP contribution in [0.5, 0.6) is 5.88 Å². The Morgan fingerprint density at radius 1 is 1.36 bits per heavy atom. The zero-order chi connectivity index (χ0) is 10.4. The van der Waals surface area contributed by atoms with Crippen molar-refractivity contribution in [2.24, 2.45) is 0 Å². The van der Waals surface area contributed by atoms with Crippen LogP contribution in [-0.2, 0) is 0 Å². The summed E-state index contributed by atoms with van der Waals surface area (Å²) < 4.78 is 5.35. The number of rotatable bonds is 5. The molecule has 0 N–H and O–H groups in total. The van der Waals surface area contributed by atoms with Crippen molar-refractivity contribution in [2.45, 2.75) is 6.42 Å². The van der Waals surface area contributed by atoms with Crippen LogP contribution in [0.15, 0.2) is 12.4 Å². The van der Waals surface area contributed by atoms with Crippen molar-refractivity contribution in [3.05, 3.63) is 17.5 Å². The fourth-order valence-corrected chi connectivity index (χ4v) is 1.11. The van der Waals surface area contributed by atoms with Gasteiger partial charge in [-0.2, -0.15) is 0 Å². The Bertz CT molecular complexity index is 281. The zero-order valence-corrected chi connectivity index (χ0v) is 9.16. The smallest absolute Gasteiger partial charge is 0.252 e. The van der Waals surface area contributed by atoms with E-state index in [9.17, 15) is 0 Å². The molecule has 0 radical (unpaired) electrons. The van der Waals surface area contributed by atoms with E-state index in [4.69, 9.17) is 16.3 Å². The summed E-state index contributed by atoms with van der Waals surface area (Å²) in [5.74, 6) is 0.410. The Labute approximate surface area is 88.9 Å². The van der Waals surface area contributed by atoms with Crippen LogP contribution in [-0.4, -0.2) is 42.1 Å². The third kappa shape index (κ3) is 3.89. The van der Waals surface area contributed by atoms with Crippen molar-refractivity contribution >= 4 is 11.6 Å². The van der Waals surface area contributed by atoms with Crippen molar-refractivity contribution < 1.29 is 4.74 Å². The van der Waals surface area contributed by atoms with E-state index in [1.165, 1.54) is 6.20 Å². The minimum Gasteiger partial charge on any atom is -0.475 e. The fourth-order valence-electron chi connectivity index (χ4n) is 0.955. The van der Waals surface area contributed by atoms with E-state index in [0.717, 1.165) is 13.0 Å². The lowest BCUT2D eigenvalue weighted by atomic mass is 10.4. The minimum atomic E-state index is 0.317. The molecule has 0 fully saturated rings. The monoisotopic (exact) mass is 215 g/mol. The number of ether oxygens (including phenoxy) is 1. The average molecular weight is 216 g/mol. The molecule has 0 amide bonds. The standard InChI is InChI=1S/C9H14ClN3O/c1-13(2)6-3-7-14-9-8(10)11-4-5-12-9/h4-5H,3,6-7H2,1-2H3. The highest BCUT2D eigenvalue weighted by molar-refractivity contribution is 6.30. The zero-order valence-electron chi connectivity index (χ0n) is 8.40. The summed E-state index contributed by atoms with van der Waals surface area (Å²) in [7, 11) is 4.05. The Morgan fingerprint density at radius 2 is 2.07 bits per heavy atom. The summed E-state index contributed by atoms with van der Waals surface area (Å²) in [6, 6.07) is 0. The first kappa shape index (κ1) is 11.2. The number of hydrogen-bond acceptors (Lipinski definition) is 4. The maximum absolute atomic E-state index is 5.76. The van der Waals surface area contributed by atoms with Crippen molar-refractivity contribution in [3.8, 4) is 5.88 Å². The SMILES string of the molecule is CN(C)CCCOc1nccnc1Cl. The molecule has 1 rings (SSSR count). The normalized spacial score (nSPS) is 10.6. The van der Waals surface area contributed by atoms with Gasteiger partial charge in [-0.3, -0.25) is 0 Å². The van der Waals surface area contributed by atoms with Crippen molar-refractivity contribution in [1.29, 1.82) is 0 Å². The Kier molecular flexibility index (Phi) is 4.62. The van der Waals surface area contributed by atoms with Gasteiger partial charge >= 0.3 is 0 Å². The first-order valence-electron chi connectivity index (χ1n) is 4.44. The lowest BCUT2D eigenvalue weighted by molar-refractivity contribution is 0.272. The highest BCUT2D eigenvalue weighted by atomic mass is 35.5. The maximum Gasteiger partial charge on any atom is 0.252 e. The summed E-state index contributed by atoms with van der Waals surface area (Å²) in [6.45, 7) is 1.59. The molecule has 0 spiro atoms. The van der Waals surface area contributed by atoms with E-state index in [0.29, 0.717) is 17.6 Å². The Balaban J connectivity index is 2.28. The Morgan fingerprint density at radius 3 is 2.71 bits per heavy atom. The molecular formula is C9H14ClN3O. The van der Waals surface area contributed by atoms with Gasteiger partial charge in [0.15, 0.2) is 5.15 Å². The molecule has 0 bridgehead atoms. The number of nitrogens with zero attached hydrogens (tertiary/aromatic N) is 3. The molecule has 1 aromatic heterocycles. The second-order valence-corrected chi connectivity index (χ2v) is 3.52. The van der Waals surface area contributed by atoms with Crippen molar-refractivity contribution in [2.75, 3.05) is 27.2 Å². The lowest BCUT2D eigenvalue weighted by Crippen LogP contribution is -2.15. The van der Waals surface area contributed by atoms with E-state index >= 15 is 0 Å². The van der Waals surface area contributed by atoms with Crippen LogP contribution in [0.1, 0.15) is 6.42 Å². The van der Waals surface area contributed by atoms with Gasteiger partial charge in [-0.05, 0) is 20.5 Å². The highest BCUT2D eigenvalue weighted by Gasteiger charge is 2.02. The van der Waals surface area contributed by atoms with E-state index in [1.54, 1.807) is 6.20 Å². The highest BCUT2D eigenvalue weighted by Crippen LogP contribution is 2.16. The molecule has 0 aliphatic carbocycles. The summed E-state index contributed by atoms with van der Waals surface area (Å²) in [4.78, 5) is 9.92. The molecular weight excluding hydrogens is 202 g/mol. The number of aromatic nitrogens is 2. The summed E-state index contributed by atoms with van der Waals surface area (Å²) in [6.07, 6.45) is 4.04. The molecule has 0 aliphatic heterocycles. The van der Waals surface area contributed by atoms with Crippen LogP contribution in [0.2, 0.25) is 5.15 Å². The third-order valence-corrected chi connectivity index (χ3v) is 1.87. The summed E-state index contributed by atoms with van der Waals surface area (Å²) >= 11 is 5.76. The fraction of sp³-hybridized carbons (Fsp3) is 0.556. The van der Waals surface area contributed by atoms with Gasteiger partial charge in [0, 0.05) is 18.9 Å². The minimum absolute atomic E-state index is 0.317. The predicted molar refractivity (Wildman–Crippen MR) is 55.7 cm³/mol. The molecule has 78 valence electrons. The molecule has 0 atom stereocenters. The van der Waals surface area contributed by atoms with Gasteiger partial charge < -0.3 is 9.64 Å². The quantitative estimate of drug-likeness (QED) is 0.698. The van der Waals surface area contributed by atoms with Crippen LogP contribution in [0.3, 0.4) is 0 Å². The molecule has 0 saturated carbocycles. The van der Waals surface area contributed by atoms with Crippen LogP contribution >= 0.6 is 11.6 Å². The molecule has 1 aromatic rings. The van der Waals surface area contributed by atoms with Gasteiger partial charge in [0.1, 0.15) is 0 Å². The third-order valence-electron chi connectivity index (χ3n) is 1.61. The molecule has 0 saturated heterocycles. The molecule has 5 heteroatoms. The molecule has 14 heavy (non-hydrogen) atoms. The average Bonchev–Trinajstić information content (AvgIpc) is 2.15. The van der Waals surface area contributed by atoms with Gasteiger partial charge in [-0.1, -0.05) is 11.6 Å². The molecule has 0 unspecified atom stereocenters. The van der Waals surface area contributed by atoms with Gasteiger partial charge in [0.2, 0.25) is 0 Å². The first-order valence-corrected chi connectivity index (χ1v) is 4.82. The summed E-state index contributed by atoms with van der Waals surface area (Å²) in [5, 5.41) is 0.317. The Hall–Kier alpha value is -0.870. The largest absolute Gasteiger partial charge is 0.475 e. The second-order valence-electron chi connectivity index (χ2n) is 3.16. The molecule has 0 aromatic carbocycles.